The minimum absolute atomic E-state index is 0.0325. The van der Waals surface area contributed by atoms with E-state index in [4.69, 9.17) is 4.74 Å². The fraction of sp³-hybridized carbons (Fsp3) is 0.333. The van der Waals surface area contributed by atoms with Gasteiger partial charge in [0.15, 0.2) is 11.5 Å². The van der Waals surface area contributed by atoms with Crippen LogP contribution in [0, 0.1) is 0 Å². The lowest BCUT2D eigenvalue weighted by Crippen LogP contribution is -2.26. The van der Waals surface area contributed by atoms with Crippen molar-refractivity contribution in [1.29, 1.82) is 0 Å². The number of rotatable bonds is 2. The van der Waals surface area contributed by atoms with Crippen LogP contribution in [0.5, 0.6) is 17.2 Å². The Hall–Kier alpha value is -1.17. The molecular weight excluding hydrogens is 226 g/mol. The Labute approximate surface area is 89.3 Å². The van der Waals surface area contributed by atoms with Crippen LogP contribution in [0.2, 0.25) is 0 Å². The Morgan fingerprint density at radius 3 is 2.67 bits per heavy atom. The van der Waals surface area contributed by atoms with Crippen LogP contribution in [0.1, 0.15) is 0 Å². The van der Waals surface area contributed by atoms with E-state index in [1.165, 1.54) is 24.9 Å². The Balaban J connectivity index is 2.50. The van der Waals surface area contributed by atoms with Gasteiger partial charge in [0, 0.05) is 0 Å². The lowest BCUT2D eigenvalue weighted by atomic mass is 10.3. The van der Waals surface area contributed by atoms with Crippen molar-refractivity contribution in [1.82, 2.24) is 0 Å². The van der Waals surface area contributed by atoms with Crippen LogP contribution in [0.3, 0.4) is 0 Å². The van der Waals surface area contributed by atoms with Gasteiger partial charge in [-0.3, -0.25) is 0 Å². The van der Waals surface area contributed by atoms with E-state index >= 15 is 0 Å². The molecule has 2 rings (SSSR count). The molecule has 6 heteroatoms. The van der Waals surface area contributed by atoms with Gasteiger partial charge in [0.2, 0.25) is 0 Å². The summed E-state index contributed by atoms with van der Waals surface area (Å²) in [5.41, 5.74) is 0. The molecule has 3 nitrogen and oxygen atoms in total. The number of fused-ring (bicyclic) bond motifs is 1. The number of thioether (sulfide) groups is 1. The summed E-state index contributed by atoms with van der Waals surface area (Å²) in [6, 6.07) is 2.96. The topological polar surface area (TPSA) is 27.7 Å². The van der Waals surface area contributed by atoms with E-state index in [-0.39, 0.29) is 11.5 Å². The third-order valence-corrected chi connectivity index (χ3v) is 2.71. The zero-order valence-electron chi connectivity index (χ0n) is 8.04. The van der Waals surface area contributed by atoms with Crippen molar-refractivity contribution in [2.75, 3.05) is 13.4 Å². The Morgan fingerprint density at radius 2 is 2.07 bits per heavy atom. The SMILES string of the molecule is COc1ccc2c(c1SC)OC(F)(F)O2. The van der Waals surface area contributed by atoms with Crippen molar-refractivity contribution in [2.24, 2.45) is 0 Å². The lowest BCUT2D eigenvalue weighted by Gasteiger charge is -2.08. The molecule has 0 aromatic heterocycles. The van der Waals surface area contributed by atoms with Crippen LogP contribution >= 0.6 is 11.8 Å². The highest BCUT2D eigenvalue weighted by molar-refractivity contribution is 7.98. The summed E-state index contributed by atoms with van der Waals surface area (Å²) in [7, 11) is 1.47. The number of alkyl halides is 2. The predicted molar refractivity (Wildman–Crippen MR) is 51.0 cm³/mol. The van der Waals surface area contributed by atoms with E-state index in [1.54, 1.807) is 12.3 Å². The summed E-state index contributed by atoms with van der Waals surface area (Å²) >= 11 is 1.26. The molecule has 1 heterocycles. The van der Waals surface area contributed by atoms with Gasteiger partial charge in [-0.1, -0.05) is 0 Å². The summed E-state index contributed by atoms with van der Waals surface area (Å²) in [5.74, 6) is 0.555. The second kappa shape index (κ2) is 3.44. The molecule has 0 N–H and O–H groups in total. The van der Waals surface area contributed by atoms with Crippen LogP contribution in [-0.4, -0.2) is 19.7 Å². The standard InChI is InChI=1S/C9H8F2O3S/c1-12-6-4-3-5-7(8(6)15-2)14-9(10,11)13-5/h3-4H,1-2H3. The van der Waals surface area contributed by atoms with Crippen molar-refractivity contribution >= 4 is 11.8 Å². The second-order valence-corrected chi connectivity index (χ2v) is 3.61. The molecule has 0 amide bonds. The van der Waals surface area contributed by atoms with E-state index in [2.05, 4.69) is 9.47 Å². The first-order valence-electron chi connectivity index (χ1n) is 4.08. The number of halogens is 2. The molecule has 0 unspecified atom stereocenters. The maximum absolute atomic E-state index is 12.8. The molecule has 1 aromatic carbocycles. The fourth-order valence-electron chi connectivity index (χ4n) is 1.33. The molecule has 0 saturated heterocycles. The zero-order chi connectivity index (χ0) is 11.1. The quantitative estimate of drug-likeness (QED) is 0.735. The average Bonchev–Trinajstić information content (AvgIpc) is 2.50. The van der Waals surface area contributed by atoms with E-state index in [9.17, 15) is 8.78 Å². The van der Waals surface area contributed by atoms with E-state index in [0.717, 1.165) is 0 Å². The van der Waals surface area contributed by atoms with E-state index in [1.807, 2.05) is 0 Å². The molecule has 82 valence electrons. The Morgan fingerprint density at radius 1 is 1.33 bits per heavy atom. The molecule has 1 aliphatic rings. The van der Waals surface area contributed by atoms with Crippen molar-refractivity contribution in [3.8, 4) is 17.2 Å². The summed E-state index contributed by atoms with van der Waals surface area (Å²) in [4.78, 5) is 0.507. The first-order chi connectivity index (χ1) is 7.07. The molecule has 0 fully saturated rings. The molecule has 1 aromatic rings. The lowest BCUT2D eigenvalue weighted by molar-refractivity contribution is -0.287. The van der Waals surface area contributed by atoms with Gasteiger partial charge >= 0.3 is 6.29 Å². The van der Waals surface area contributed by atoms with E-state index < -0.39 is 6.29 Å². The summed E-state index contributed by atoms with van der Waals surface area (Å²) < 4.78 is 39.3. The number of hydrogen-bond acceptors (Lipinski definition) is 4. The highest BCUT2D eigenvalue weighted by Crippen LogP contribution is 2.49. The van der Waals surface area contributed by atoms with Crippen molar-refractivity contribution in [3.05, 3.63) is 12.1 Å². The van der Waals surface area contributed by atoms with E-state index in [0.29, 0.717) is 10.6 Å². The first-order valence-corrected chi connectivity index (χ1v) is 5.30. The van der Waals surface area contributed by atoms with Crippen LogP contribution in [0.25, 0.3) is 0 Å². The molecule has 15 heavy (non-hydrogen) atoms. The fourth-order valence-corrected chi connectivity index (χ4v) is 2.01. The normalized spacial score (nSPS) is 16.5. The predicted octanol–water partition coefficient (Wildman–Crippen LogP) is 2.74. The van der Waals surface area contributed by atoms with Crippen molar-refractivity contribution in [3.63, 3.8) is 0 Å². The van der Waals surface area contributed by atoms with Crippen molar-refractivity contribution < 1.29 is 23.0 Å². The third-order valence-electron chi connectivity index (χ3n) is 1.91. The minimum Gasteiger partial charge on any atom is -0.495 e. The van der Waals surface area contributed by atoms with Gasteiger partial charge in [-0.15, -0.1) is 20.5 Å². The number of ether oxygens (including phenoxy) is 3. The van der Waals surface area contributed by atoms with Gasteiger partial charge in [-0.2, -0.15) is 0 Å². The monoisotopic (exact) mass is 234 g/mol. The Bertz CT molecular complexity index is 395. The molecule has 0 radical (unpaired) electrons. The van der Waals surface area contributed by atoms with Gasteiger partial charge in [0.05, 0.1) is 12.0 Å². The number of hydrogen-bond donors (Lipinski definition) is 0. The molecule has 0 spiro atoms. The summed E-state index contributed by atoms with van der Waals surface area (Å²) in [5, 5.41) is 0. The molecule has 0 aliphatic carbocycles. The Kier molecular flexibility index (Phi) is 2.38. The average molecular weight is 234 g/mol. The maximum atomic E-state index is 12.8. The summed E-state index contributed by atoms with van der Waals surface area (Å²) in [6.45, 7) is 0. The zero-order valence-corrected chi connectivity index (χ0v) is 8.86. The molecule has 0 atom stereocenters. The first kappa shape index (κ1) is 10.4. The number of methoxy groups -OCH3 is 1. The molecular formula is C9H8F2O3S. The van der Waals surface area contributed by atoms with Gasteiger partial charge < -0.3 is 14.2 Å². The maximum Gasteiger partial charge on any atom is 0.586 e. The number of benzene rings is 1. The summed E-state index contributed by atoms with van der Waals surface area (Å²) in [6.07, 6.45) is -1.84. The van der Waals surface area contributed by atoms with Gasteiger partial charge in [0.1, 0.15) is 5.75 Å². The largest absolute Gasteiger partial charge is 0.586 e. The minimum atomic E-state index is -3.58. The van der Waals surface area contributed by atoms with Crippen LogP contribution in [0.15, 0.2) is 17.0 Å². The molecule has 0 bridgehead atoms. The highest BCUT2D eigenvalue weighted by Gasteiger charge is 2.45. The van der Waals surface area contributed by atoms with Crippen LogP contribution in [-0.2, 0) is 0 Å². The van der Waals surface area contributed by atoms with Gasteiger partial charge in [-0.25, -0.2) is 0 Å². The van der Waals surface area contributed by atoms with Gasteiger partial charge in [-0.05, 0) is 18.4 Å². The highest BCUT2D eigenvalue weighted by atomic mass is 32.2. The van der Waals surface area contributed by atoms with Gasteiger partial charge in [0.25, 0.3) is 0 Å². The van der Waals surface area contributed by atoms with Crippen LogP contribution in [0.4, 0.5) is 8.78 Å². The third kappa shape index (κ3) is 1.69. The molecule has 1 aliphatic heterocycles. The second-order valence-electron chi connectivity index (χ2n) is 2.80. The van der Waals surface area contributed by atoms with Crippen molar-refractivity contribution in [2.45, 2.75) is 11.2 Å². The van der Waals surface area contributed by atoms with Crippen LogP contribution < -0.4 is 14.2 Å². The smallest absolute Gasteiger partial charge is 0.495 e. The molecule has 0 saturated carbocycles.